The van der Waals surface area contributed by atoms with Crippen LogP contribution < -0.4 is 16.1 Å². The third-order valence-corrected chi connectivity index (χ3v) is 16.8. The van der Waals surface area contributed by atoms with Crippen LogP contribution in [0, 0.1) is 47.3 Å². The lowest BCUT2D eigenvalue weighted by Crippen LogP contribution is -2.64. The first-order valence-corrected chi connectivity index (χ1v) is 28.7. The number of phenols is 1. The molecule has 1 aromatic rings. The van der Waals surface area contributed by atoms with E-state index in [4.69, 9.17) is 9.47 Å². The van der Waals surface area contributed by atoms with Gasteiger partial charge in [-0.2, -0.15) is 0 Å². The summed E-state index contributed by atoms with van der Waals surface area (Å²) in [5.41, 5.74) is 4.67. The summed E-state index contributed by atoms with van der Waals surface area (Å²) >= 11 is 0. The molecule has 4 heterocycles. The Morgan fingerprint density at radius 3 is 2.44 bits per heavy atom. The van der Waals surface area contributed by atoms with Gasteiger partial charge in [-0.3, -0.25) is 29.0 Å². The van der Waals surface area contributed by atoms with Crippen LogP contribution in [0.1, 0.15) is 152 Å². The van der Waals surface area contributed by atoms with Crippen molar-refractivity contribution in [1.29, 1.82) is 0 Å². The number of hydrazine groups is 1. The summed E-state index contributed by atoms with van der Waals surface area (Å²) in [5, 5.41) is 52.1. The number of aliphatic hydroxyl groups excluding tert-OH is 3. The maximum atomic E-state index is 14.5. The van der Waals surface area contributed by atoms with Crippen LogP contribution in [0.5, 0.6) is 5.75 Å². The number of hydrogen-bond acceptors (Lipinski definition) is 13. The van der Waals surface area contributed by atoms with Gasteiger partial charge in [-0.1, -0.05) is 109 Å². The number of esters is 1. The minimum Gasteiger partial charge on any atom is -0.508 e. The highest BCUT2D eigenvalue weighted by atomic mass is 16.5. The number of allylic oxidation sites excluding steroid dienone is 5. The fourth-order valence-electron chi connectivity index (χ4n) is 11.4. The number of fused-ring (bicyclic) bond motifs is 2. The monoisotopic (exact) mass is 1080 g/mol. The number of amides is 3. The van der Waals surface area contributed by atoms with Crippen molar-refractivity contribution in [2.24, 2.45) is 47.3 Å². The molecule has 0 saturated carbocycles. The Balaban J connectivity index is 1.34. The Labute approximate surface area is 463 Å². The standard InChI is InChI=1S/C62H92N4O12/c1-11-46-33-42(8)62(64-58(46)73)41(7)32-40(6)55(78-62)36-53(71)38(4)20-14-12-15-21-39(5)54-26-17-13-16-25-51(69)44(10)57(72)49(29-27-43(9)67)59(74)63-56(37(2)3)52(70)30-28-47(34-45-22-18-23-48(68)35-45)60(75)66-31-19-24-50(65-66)61(76)77-54/h12-13,15-18,21-23,25,32,35,37-38,40,42,44,46-47,49-51,53-57,65,68-69,71-72H,11,14,19-20,24,26-31,33-34,36H2,1-10H3,(H,63,74)(H,64,73)/b15-12+,17-13+,25-16+,39-21+/t38-,40+,42-,44-,46-,47-,49+,50?,51-,53-,54-,55-,56-,57+,62-/m0/s1. The molecular weight excluding hydrogens is 993 g/mol. The zero-order valence-electron chi connectivity index (χ0n) is 48.0. The predicted molar refractivity (Wildman–Crippen MR) is 300 cm³/mol. The van der Waals surface area contributed by atoms with E-state index < -0.39 is 71.9 Å². The van der Waals surface area contributed by atoms with Crippen molar-refractivity contribution in [3.63, 3.8) is 0 Å². The molecule has 1 aromatic carbocycles. The van der Waals surface area contributed by atoms with Crippen LogP contribution in [0.3, 0.4) is 0 Å². The smallest absolute Gasteiger partial charge is 0.325 e. The second-order valence-electron chi connectivity index (χ2n) is 23.3. The van der Waals surface area contributed by atoms with Crippen molar-refractivity contribution in [3.05, 3.63) is 89.6 Å². The van der Waals surface area contributed by atoms with E-state index in [1.165, 1.54) is 24.1 Å². The zero-order valence-corrected chi connectivity index (χ0v) is 48.0. The number of phenolic OH excluding ortho intramolecular Hbond substituents is 1. The lowest BCUT2D eigenvalue weighted by Gasteiger charge is -2.51. The number of cyclic esters (lactones) is 1. The number of nitrogens with one attached hydrogen (secondary N) is 3. The fraction of sp³-hybridized carbons (Fsp3) is 0.645. The van der Waals surface area contributed by atoms with Crippen molar-refractivity contribution in [2.45, 2.75) is 201 Å². The first-order valence-electron chi connectivity index (χ1n) is 28.7. The quantitative estimate of drug-likeness (QED) is 0.0504. The Morgan fingerprint density at radius 1 is 1.00 bits per heavy atom. The lowest BCUT2D eigenvalue weighted by atomic mass is 9.75. The minimum absolute atomic E-state index is 0.00198. The third-order valence-electron chi connectivity index (χ3n) is 16.8. The van der Waals surface area contributed by atoms with E-state index >= 15 is 0 Å². The Hall–Kier alpha value is -5.26. The number of carbonyl (C=O) groups is 6. The molecule has 5 rings (SSSR count). The number of nitrogens with zero attached hydrogens (tertiary/aromatic N) is 1. The third kappa shape index (κ3) is 17.4. The lowest BCUT2D eigenvalue weighted by molar-refractivity contribution is -0.179. The van der Waals surface area contributed by atoms with Crippen LogP contribution in [-0.2, 0) is 44.7 Å². The number of hydrogen-bond donors (Lipinski definition) is 7. The number of piperidine rings is 1. The van der Waals surface area contributed by atoms with Gasteiger partial charge in [0.2, 0.25) is 17.7 Å². The highest BCUT2D eigenvalue weighted by molar-refractivity contribution is 5.91. The molecule has 0 aromatic heterocycles. The highest BCUT2D eigenvalue weighted by Gasteiger charge is 2.51. The second-order valence-corrected chi connectivity index (χ2v) is 23.3. The zero-order chi connectivity index (χ0) is 57.4. The Bertz CT molecular complexity index is 2380. The van der Waals surface area contributed by atoms with Gasteiger partial charge in [0.25, 0.3) is 0 Å². The first-order chi connectivity index (χ1) is 37.0. The number of Topliss-reactive ketones (excluding diaryl/α,β-unsaturated/α-hetero) is 2. The Kier molecular flexibility index (Phi) is 24.3. The molecule has 432 valence electrons. The van der Waals surface area contributed by atoms with E-state index in [1.807, 2.05) is 45.9 Å². The molecule has 2 bridgehead atoms. The van der Waals surface area contributed by atoms with Crippen LogP contribution in [0.25, 0.3) is 0 Å². The molecule has 7 N–H and O–H groups in total. The second kappa shape index (κ2) is 29.8. The van der Waals surface area contributed by atoms with Gasteiger partial charge in [0, 0.05) is 61.8 Å². The molecule has 1 unspecified atom stereocenters. The molecule has 78 heavy (non-hydrogen) atoms. The van der Waals surface area contributed by atoms with Gasteiger partial charge < -0.3 is 45.3 Å². The van der Waals surface area contributed by atoms with Gasteiger partial charge in [-0.05, 0) is 119 Å². The van der Waals surface area contributed by atoms with Crippen LogP contribution >= 0.6 is 0 Å². The summed E-state index contributed by atoms with van der Waals surface area (Å²) in [7, 11) is 0. The summed E-state index contributed by atoms with van der Waals surface area (Å²) < 4.78 is 13.0. The minimum atomic E-state index is -1.39. The molecule has 16 nitrogen and oxygen atoms in total. The SMILES string of the molecule is CC[C@H]1C[C@H](C)[C@@]2(NC1=O)O[C@@H](C[C@H](O)[C@@H](C)CC/C=C/C=C(\C)[C@@H]1C/C=C/C=C/[C@H](O)[C@H](C)[C@@H](O)[C@@H](CCC(C)=O)C(=O)N[C@@H](C(C)C)C(=O)CC[C@@H](Cc3cccc(O)c3)C(=O)N3CCCC(N3)C(=O)O1)[C@H](C)C=C2C. The van der Waals surface area contributed by atoms with Crippen molar-refractivity contribution < 1.29 is 58.7 Å². The van der Waals surface area contributed by atoms with Gasteiger partial charge in [-0.15, -0.1) is 0 Å². The number of rotatable bonds is 15. The van der Waals surface area contributed by atoms with Gasteiger partial charge in [0.1, 0.15) is 23.7 Å². The molecule has 4 aliphatic heterocycles. The van der Waals surface area contributed by atoms with E-state index in [-0.39, 0.29) is 103 Å². The van der Waals surface area contributed by atoms with Crippen LogP contribution in [0.15, 0.2) is 84.0 Å². The van der Waals surface area contributed by atoms with E-state index in [9.17, 15) is 49.2 Å². The number of ketones is 2. The molecular formula is C62H92N4O12. The summed E-state index contributed by atoms with van der Waals surface area (Å²) in [6, 6.07) is 4.71. The number of ether oxygens (including phenoxy) is 2. The normalized spacial score (nSPS) is 33.2. The van der Waals surface area contributed by atoms with E-state index in [2.05, 4.69) is 36.0 Å². The Morgan fingerprint density at radius 2 is 1.74 bits per heavy atom. The number of carbonyl (C=O) groups excluding carboxylic acids is 6. The van der Waals surface area contributed by atoms with E-state index in [0.29, 0.717) is 44.2 Å². The molecule has 2 fully saturated rings. The topological polar surface area (TPSA) is 241 Å². The van der Waals surface area contributed by atoms with Gasteiger partial charge in [-0.25, -0.2) is 5.43 Å². The summed E-state index contributed by atoms with van der Waals surface area (Å²) in [4.78, 5) is 82.0. The van der Waals surface area contributed by atoms with Crippen molar-refractivity contribution in [3.8, 4) is 5.75 Å². The van der Waals surface area contributed by atoms with Crippen LogP contribution in [-0.4, -0.2) is 116 Å². The van der Waals surface area contributed by atoms with Gasteiger partial charge in [0.05, 0.1) is 36.4 Å². The van der Waals surface area contributed by atoms with Crippen molar-refractivity contribution >= 4 is 35.3 Å². The van der Waals surface area contributed by atoms with Crippen LogP contribution in [0.2, 0.25) is 0 Å². The largest absolute Gasteiger partial charge is 0.508 e. The molecule has 0 aliphatic carbocycles. The molecule has 0 radical (unpaired) electrons. The molecule has 15 atom stereocenters. The molecule has 4 aliphatic rings. The molecule has 2 saturated heterocycles. The van der Waals surface area contributed by atoms with Crippen molar-refractivity contribution in [2.75, 3.05) is 6.54 Å². The summed E-state index contributed by atoms with van der Waals surface area (Å²) in [5.74, 6) is -5.06. The molecule has 1 spiro atoms. The van der Waals surface area contributed by atoms with E-state index in [0.717, 1.165) is 24.0 Å². The average molecular weight is 1090 g/mol. The number of aromatic hydroxyl groups is 1. The van der Waals surface area contributed by atoms with E-state index in [1.54, 1.807) is 57.2 Å². The number of benzene rings is 1. The van der Waals surface area contributed by atoms with Gasteiger partial charge >= 0.3 is 5.97 Å². The van der Waals surface area contributed by atoms with Gasteiger partial charge in [0.15, 0.2) is 11.5 Å². The molecule has 16 heteroatoms. The summed E-state index contributed by atoms with van der Waals surface area (Å²) in [6.07, 6.45) is 15.0. The predicted octanol–water partition coefficient (Wildman–Crippen LogP) is 7.84. The first kappa shape index (κ1) is 63.6. The van der Waals surface area contributed by atoms with Crippen LogP contribution in [0.4, 0.5) is 0 Å². The summed E-state index contributed by atoms with van der Waals surface area (Å²) in [6.45, 7) is 19.0. The maximum Gasteiger partial charge on any atom is 0.325 e. The fourth-order valence-corrected chi connectivity index (χ4v) is 11.4. The highest BCUT2D eigenvalue weighted by Crippen LogP contribution is 2.43. The average Bonchev–Trinajstić information content (AvgIpc) is 3.48. The van der Waals surface area contributed by atoms with Crippen molar-refractivity contribution in [1.82, 2.24) is 21.1 Å². The molecule has 3 amide bonds. The maximum absolute atomic E-state index is 14.5. The number of aliphatic hydroxyl groups is 3.